The molecule has 0 aliphatic carbocycles. The molecule has 1 saturated heterocycles. The Balaban J connectivity index is 1.85. The van der Waals surface area contributed by atoms with Gasteiger partial charge in [0.1, 0.15) is 17.1 Å². The van der Waals surface area contributed by atoms with Crippen molar-refractivity contribution in [2.45, 2.75) is 51.9 Å². The van der Waals surface area contributed by atoms with E-state index >= 15 is 0 Å². The number of ether oxygens (including phenoxy) is 1. The van der Waals surface area contributed by atoms with Gasteiger partial charge in [-0.15, -0.1) is 5.06 Å². The summed E-state index contributed by atoms with van der Waals surface area (Å²) in [5, 5.41) is 4.53. The molecule has 0 amide bonds. The van der Waals surface area contributed by atoms with Gasteiger partial charge in [-0.05, 0) is 45.6 Å². The van der Waals surface area contributed by atoms with Crippen LogP contribution in [0.4, 0.5) is 23.8 Å². The number of carbonyl (C=O) groups excluding carboxylic acids is 1. The van der Waals surface area contributed by atoms with Crippen LogP contribution in [0.3, 0.4) is 0 Å². The van der Waals surface area contributed by atoms with Crippen molar-refractivity contribution in [2.24, 2.45) is 11.7 Å². The van der Waals surface area contributed by atoms with Crippen molar-refractivity contribution in [1.29, 1.82) is 0 Å². The fourth-order valence-electron chi connectivity index (χ4n) is 2.78. The molecule has 0 bridgehead atoms. The lowest BCUT2D eigenvalue weighted by molar-refractivity contribution is -0.154. The highest BCUT2D eigenvalue weighted by molar-refractivity contribution is 5.60. The first kappa shape index (κ1) is 22.2. The van der Waals surface area contributed by atoms with E-state index in [1.54, 1.807) is 25.8 Å². The first-order valence-corrected chi connectivity index (χ1v) is 9.15. The molecule has 1 fully saturated rings. The molecule has 7 nitrogen and oxygen atoms in total. The van der Waals surface area contributed by atoms with Gasteiger partial charge in [-0.3, -0.25) is 0 Å². The van der Waals surface area contributed by atoms with E-state index in [2.05, 4.69) is 10.3 Å². The van der Waals surface area contributed by atoms with Gasteiger partial charge in [0.2, 0.25) is 0 Å². The van der Waals surface area contributed by atoms with Crippen LogP contribution in [-0.4, -0.2) is 41.4 Å². The summed E-state index contributed by atoms with van der Waals surface area (Å²) in [7, 11) is 0. The van der Waals surface area contributed by atoms with E-state index in [-0.39, 0.29) is 18.3 Å². The van der Waals surface area contributed by atoms with Crippen LogP contribution in [-0.2, 0) is 22.3 Å². The van der Waals surface area contributed by atoms with E-state index < -0.39 is 23.6 Å². The molecule has 1 aliphatic rings. The molecule has 158 valence electrons. The first-order chi connectivity index (χ1) is 13.0. The van der Waals surface area contributed by atoms with Crippen LogP contribution in [0.2, 0.25) is 0 Å². The predicted octanol–water partition coefficient (Wildman–Crippen LogP) is 3.55. The van der Waals surface area contributed by atoms with Crippen LogP contribution in [0.5, 0.6) is 0 Å². The molecule has 0 aromatic carbocycles. The minimum absolute atomic E-state index is 0.0929. The summed E-state index contributed by atoms with van der Waals surface area (Å²) in [4.78, 5) is 20.5. The largest absolute Gasteiger partial charge is 0.528 e. The Morgan fingerprint density at radius 3 is 2.46 bits per heavy atom. The summed E-state index contributed by atoms with van der Waals surface area (Å²) in [6, 6.07) is 2.27. The highest BCUT2D eigenvalue weighted by atomic mass is 19.4. The summed E-state index contributed by atoms with van der Waals surface area (Å²) in [6.45, 7) is 6.85. The molecule has 3 N–H and O–H groups in total. The molecular weight excluding hydrogens is 377 g/mol. The molecule has 1 aliphatic heterocycles. The zero-order chi connectivity index (χ0) is 20.9. The summed E-state index contributed by atoms with van der Waals surface area (Å²) >= 11 is 0. The summed E-state index contributed by atoms with van der Waals surface area (Å²) in [5.74, 6) is 0.366. The minimum atomic E-state index is -4.51. The maximum atomic E-state index is 12.9. The number of hydroxylamine groups is 2. The van der Waals surface area contributed by atoms with Crippen molar-refractivity contribution in [1.82, 2.24) is 10.0 Å². The number of piperidine rings is 1. The monoisotopic (exact) mass is 404 g/mol. The molecule has 0 saturated carbocycles. The zero-order valence-corrected chi connectivity index (χ0v) is 16.3. The Kier molecular flexibility index (Phi) is 7.11. The van der Waals surface area contributed by atoms with Gasteiger partial charge < -0.3 is 20.6 Å². The lowest BCUT2D eigenvalue weighted by Gasteiger charge is -2.31. The lowest BCUT2D eigenvalue weighted by atomic mass is 9.98. The third-order valence-electron chi connectivity index (χ3n) is 4.21. The smallest absolute Gasteiger partial charge is 0.427 e. The van der Waals surface area contributed by atoms with Crippen molar-refractivity contribution in [3.05, 3.63) is 23.4 Å². The molecule has 0 radical (unpaired) electrons. The highest BCUT2D eigenvalue weighted by Crippen LogP contribution is 2.29. The zero-order valence-electron chi connectivity index (χ0n) is 16.3. The van der Waals surface area contributed by atoms with Crippen molar-refractivity contribution in [3.63, 3.8) is 0 Å². The maximum Gasteiger partial charge on any atom is 0.528 e. The average Bonchev–Trinajstić information content (AvgIpc) is 2.58. The van der Waals surface area contributed by atoms with Crippen LogP contribution in [0.25, 0.3) is 0 Å². The second-order valence-corrected chi connectivity index (χ2v) is 7.72. The Morgan fingerprint density at radius 2 is 1.93 bits per heavy atom. The van der Waals surface area contributed by atoms with Gasteiger partial charge in [0.05, 0.1) is 0 Å². The van der Waals surface area contributed by atoms with Crippen LogP contribution in [0, 0.1) is 5.92 Å². The lowest BCUT2D eigenvalue weighted by Crippen LogP contribution is -2.39. The Morgan fingerprint density at radius 1 is 1.29 bits per heavy atom. The van der Waals surface area contributed by atoms with Crippen molar-refractivity contribution in [2.75, 3.05) is 25.0 Å². The second kappa shape index (κ2) is 8.95. The molecule has 0 atom stereocenters. The van der Waals surface area contributed by atoms with Gasteiger partial charge in [-0.25, -0.2) is 9.78 Å². The van der Waals surface area contributed by atoms with E-state index in [4.69, 9.17) is 15.3 Å². The number of nitrogens with two attached hydrogens (primary N) is 1. The molecule has 2 rings (SSSR count). The number of nitrogens with zero attached hydrogens (tertiary/aromatic N) is 2. The predicted molar refractivity (Wildman–Crippen MR) is 97.2 cm³/mol. The van der Waals surface area contributed by atoms with Crippen LogP contribution in [0.15, 0.2) is 12.1 Å². The number of carbonyl (C=O) groups is 1. The van der Waals surface area contributed by atoms with Crippen LogP contribution < -0.4 is 11.1 Å². The molecular formula is C18H27F3N4O3. The number of alkyl halides is 3. The quantitative estimate of drug-likeness (QED) is 0.726. The Hall–Kier alpha value is -2.07. The van der Waals surface area contributed by atoms with E-state index in [0.29, 0.717) is 38.0 Å². The van der Waals surface area contributed by atoms with Crippen molar-refractivity contribution in [3.8, 4) is 0 Å². The Labute approximate surface area is 162 Å². The van der Waals surface area contributed by atoms with E-state index in [0.717, 1.165) is 6.07 Å². The van der Waals surface area contributed by atoms with Crippen molar-refractivity contribution >= 4 is 12.0 Å². The normalized spacial score (nSPS) is 16.7. The fraction of sp³-hybridized carbons (Fsp3) is 0.667. The third kappa shape index (κ3) is 6.83. The minimum Gasteiger partial charge on any atom is -0.427 e. The fourth-order valence-corrected chi connectivity index (χ4v) is 2.78. The standard InChI is InChI=1S/C18H27F3N4O3/c1-17(2,3)27-16(26)28-25-8-6-12(7-9-25)11-23-15-13(10-22)4-5-14(24-15)18(19,20)21/h4-5,12H,6-11,22H2,1-3H3,(H,23,24). The summed E-state index contributed by atoms with van der Waals surface area (Å²) < 4.78 is 43.7. The van der Waals surface area contributed by atoms with Gasteiger partial charge in [0, 0.05) is 31.7 Å². The van der Waals surface area contributed by atoms with Gasteiger partial charge in [-0.2, -0.15) is 13.2 Å². The maximum absolute atomic E-state index is 12.9. The van der Waals surface area contributed by atoms with Crippen LogP contribution >= 0.6 is 0 Å². The highest BCUT2D eigenvalue weighted by Gasteiger charge is 2.33. The second-order valence-electron chi connectivity index (χ2n) is 7.72. The number of rotatable bonds is 5. The van der Waals surface area contributed by atoms with E-state index in [1.807, 2.05) is 0 Å². The Bertz CT molecular complexity index is 669. The number of hydrogen-bond donors (Lipinski definition) is 2. The number of anilines is 1. The topological polar surface area (TPSA) is 89.7 Å². The summed E-state index contributed by atoms with van der Waals surface area (Å²) in [6.07, 6.45) is -3.82. The van der Waals surface area contributed by atoms with E-state index in [9.17, 15) is 18.0 Å². The number of nitrogens with one attached hydrogen (secondary N) is 1. The number of halogens is 3. The summed E-state index contributed by atoms with van der Waals surface area (Å²) in [5.41, 5.74) is 4.55. The average molecular weight is 404 g/mol. The number of pyridine rings is 1. The molecule has 28 heavy (non-hydrogen) atoms. The third-order valence-corrected chi connectivity index (χ3v) is 4.21. The first-order valence-electron chi connectivity index (χ1n) is 9.15. The van der Waals surface area contributed by atoms with Crippen molar-refractivity contribution < 1.29 is 27.5 Å². The molecule has 1 aromatic heterocycles. The number of aromatic nitrogens is 1. The van der Waals surface area contributed by atoms with Crippen LogP contribution in [0.1, 0.15) is 44.9 Å². The molecule has 0 unspecified atom stereocenters. The molecule has 1 aromatic rings. The number of hydrogen-bond acceptors (Lipinski definition) is 7. The van der Waals surface area contributed by atoms with Gasteiger partial charge >= 0.3 is 12.3 Å². The van der Waals surface area contributed by atoms with Gasteiger partial charge in [-0.1, -0.05) is 6.07 Å². The molecule has 2 heterocycles. The molecule has 0 spiro atoms. The molecule has 10 heteroatoms. The van der Waals surface area contributed by atoms with Gasteiger partial charge in [0.25, 0.3) is 0 Å². The van der Waals surface area contributed by atoms with E-state index in [1.165, 1.54) is 6.07 Å². The SMILES string of the molecule is CC(C)(C)OC(=O)ON1CCC(CNc2nc(C(F)(F)F)ccc2CN)CC1. The van der Waals surface area contributed by atoms with Gasteiger partial charge in [0.15, 0.2) is 0 Å².